The van der Waals surface area contributed by atoms with E-state index < -0.39 is 0 Å². The Kier molecular flexibility index (Phi) is 10.8. The molecule has 2 amide bonds. The number of carbonyl (C=O) groups excluding carboxylic acids is 2. The lowest BCUT2D eigenvalue weighted by Gasteiger charge is -2.13. The molecule has 0 radical (unpaired) electrons. The minimum Gasteiger partial charge on any atom is -0.493 e. The molecular formula is C31H34N4O5S. The first-order valence-corrected chi connectivity index (χ1v) is 14.4. The first-order chi connectivity index (χ1) is 20.0. The molecule has 0 fully saturated rings. The summed E-state index contributed by atoms with van der Waals surface area (Å²) in [6.07, 6.45) is 1.47. The highest BCUT2D eigenvalue weighted by atomic mass is 32.2. The zero-order valence-corrected chi connectivity index (χ0v) is 24.0. The van der Waals surface area contributed by atoms with Crippen LogP contribution in [0.2, 0.25) is 0 Å². The molecule has 4 rings (SSSR count). The number of carbonyl (C=O) groups is 2. The van der Waals surface area contributed by atoms with Gasteiger partial charge in [-0.3, -0.25) is 19.0 Å². The summed E-state index contributed by atoms with van der Waals surface area (Å²) in [7, 11) is 3.17. The van der Waals surface area contributed by atoms with Crippen molar-refractivity contribution in [3.63, 3.8) is 0 Å². The molecule has 0 aliphatic heterocycles. The maximum absolute atomic E-state index is 13.3. The number of thioether (sulfide) groups is 1. The molecule has 0 aliphatic rings. The lowest BCUT2D eigenvalue weighted by atomic mass is 10.1. The molecule has 0 bridgehead atoms. The molecule has 4 aromatic rings. The van der Waals surface area contributed by atoms with Crippen molar-refractivity contribution in [2.24, 2.45) is 0 Å². The van der Waals surface area contributed by atoms with Crippen LogP contribution in [0.25, 0.3) is 10.9 Å². The second-order valence-electron chi connectivity index (χ2n) is 9.28. The number of benzene rings is 3. The molecule has 0 saturated carbocycles. The Morgan fingerprint density at radius 2 is 1.51 bits per heavy atom. The van der Waals surface area contributed by atoms with E-state index in [-0.39, 0.29) is 36.1 Å². The molecule has 10 heteroatoms. The summed E-state index contributed by atoms with van der Waals surface area (Å²) in [4.78, 5) is 43.1. The molecule has 1 heterocycles. The number of ether oxygens (including phenoxy) is 2. The van der Waals surface area contributed by atoms with Crippen LogP contribution in [0.3, 0.4) is 0 Å². The first kappa shape index (κ1) is 29.7. The van der Waals surface area contributed by atoms with Crippen molar-refractivity contribution >= 4 is 34.5 Å². The van der Waals surface area contributed by atoms with Crippen LogP contribution in [0.1, 0.15) is 17.5 Å². The Labute approximate surface area is 243 Å². The third kappa shape index (κ3) is 8.34. The number of amides is 2. The summed E-state index contributed by atoms with van der Waals surface area (Å²) < 4.78 is 12.1. The van der Waals surface area contributed by atoms with E-state index in [2.05, 4.69) is 15.6 Å². The predicted octanol–water partition coefficient (Wildman–Crippen LogP) is 3.61. The normalized spacial score (nSPS) is 10.8. The minimum atomic E-state index is -0.232. The third-order valence-electron chi connectivity index (χ3n) is 6.48. The van der Waals surface area contributed by atoms with Gasteiger partial charge < -0.3 is 20.1 Å². The summed E-state index contributed by atoms with van der Waals surface area (Å²) in [5, 5.41) is 6.71. The molecule has 214 valence electrons. The monoisotopic (exact) mass is 574 g/mol. The fraction of sp³-hybridized carbons (Fsp3) is 0.290. The molecular weight excluding hydrogens is 540 g/mol. The lowest BCUT2D eigenvalue weighted by Crippen LogP contribution is -2.30. The fourth-order valence-electron chi connectivity index (χ4n) is 4.31. The lowest BCUT2D eigenvalue weighted by molar-refractivity contribution is -0.121. The van der Waals surface area contributed by atoms with Gasteiger partial charge >= 0.3 is 0 Å². The second-order valence-corrected chi connectivity index (χ2v) is 10.2. The van der Waals surface area contributed by atoms with Gasteiger partial charge in [-0.05, 0) is 48.2 Å². The van der Waals surface area contributed by atoms with E-state index in [0.29, 0.717) is 47.1 Å². The van der Waals surface area contributed by atoms with Crippen molar-refractivity contribution in [1.82, 2.24) is 20.2 Å². The van der Waals surface area contributed by atoms with E-state index in [1.807, 2.05) is 54.6 Å². The minimum absolute atomic E-state index is 0.0833. The van der Waals surface area contributed by atoms with Crippen LogP contribution in [0.4, 0.5) is 0 Å². The van der Waals surface area contributed by atoms with Gasteiger partial charge in [0.2, 0.25) is 11.8 Å². The molecule has 0 spiro atoms. The zero-order chi connectivity index (χ0) is 29.0. The Bertz CT molecular complexity index is 1540. The number of rotatable bonds is 14. The standard InChI is InChI=1S/C31H34N4O5S/c1-39-26-13-12-23(20-27(26)40-2)15-18-33-29(37)21-41-31-34-25-11-7-6-10-24(25)30(38)35(31)19-16-28(36)32-17-14-22-8-4-3-5-9-22/h3-13,20H,14-19,21H2,1-2H3,(H,32,36)(H,33,37). The molecule has 1 aromatic heterocycles. The largest absolute Gasteiger partial charge is 0.493 e. The Balaban J connectivity index is 1.34. The van der Waals surface area contributed by atoms with Crippen LogP contribution in [0.5, 0.6) is 11.5 Å². The number of nitrogens with one attached hydrogen (secondary N) is 2. The van der Waals surface area contributed by atoms with Crippen LogP contribution in [-0.4, -0.2) is 54.4 Å². The highest BCUT2D eigenvalue weighted by molar-refractivity contribution is 7.99. The van der Waals surface area contributed by atoms with Gasteiger partial charge in [-0.25, -0.2) is 4.98 Å². The van der Waals surface area contributed by atoms with Crippen LogP contribution < -0.4 is 25.7 Å². The molecule has 0 unspecified atom stereocenters. The SMILES string of the molecule is COc1ccc(CCNC(=O)CSc2nc3ccccc3c(=O)n2CCC(=O)NCCc2ccccc2)cc1OC. The maximum atomic E-state index is 13.3. The van der Waals surface area contributed by atoms with Gasteiger partial charge in [0, 0.05) is 26.1 Å². The van der Waals surface area contributed by atoms with Gasteiger partial charge in [-0.1, -0.05) is 60.3 Å². The summed E-state index contributed by atoms with van der Waals surface area (Å²) >= 11 is 1.18. The first-order valence-electron chi connectivity index (χ1n) is 13.4. The van der Waals surface area contributed by atoms with Crippen LogP contribution in [0.15, 0.2) is 82.7 Å². The Morgan fingerprint density at radius 3 is 2.27 bits per heavy atom. The van der Waals surface area contributed by atoms with Gasteiger partial charge in [-0.2, -0.15) is 0 Å². The van der Waals surface area contributed by atoms with Crippen molar-refractivity contribution in [3.05, 3.63) is 94.3 Å². The highest BCUT2D eigenvalue weighted by Gasteiger charge is 2.15. The predicted molar refractivity (Wildman–Crippen MR) is 161 cm³/mol. The van der Waals surface area contributed by atoms with Gasteiger partial charge in [0.05, 0.1) is 30.9 Å². The summed E-state index contributed by atoms with van der Waals surface area (Å²) in [6, 6.07) is 22.6. The van der Waals surface area contributed by atoms with E-state index in [4.69, 9.17) is 9.47 Å². The number of para-hydroxylation sites is 1. The number of hydrogen-bond acceptors (Lipinski definition) is 7. The van der Waals surface area contributed by atoms with Gasteiger partial charge in [0.1, 0.15) is 0 Å². The van der Waals surface area contributed by atoms with E-state index in [1.54, 1.807) is 32.4 Å². The zero-order valence-electron chi connectivity index (χ0n) is 23.2. The molecule has 2 N–H and O–H groups in total. The number of aromatic nitrogens is 2. The summed E-state index contributed by atoms with van der Waals surface area (Å²) in [6.45, 7) is 1.12. The number of fused-ring (bicyclic) bond motifs is 1. The highest BCUT2D eigenvalue weighted by Crippen LogP contribution is 2.27. The summed E-state index contributed by atoms with van der Waals surface area (Å²) in [5.41, 5.74) is 2.47. The molecule has 0 saturated heterocycles. The van der Waals surface area contributed by atoms with Crippen molar-refractivity contribution in [1.29, 1.82) is 0 Å². The van der Waals surface area contributed by atoms with Gasteiger partial charge in [-0.15, -0.1) is 0 Å². The molecule has 0 aliphatic carbocycles. The van der Waals surface area contributed by atoms with Gasteiger partial charge in [0.25, 0.3) is 5.56 Å². The van der Waals surface area contributed by atoms with E-state index in [1.165, 1.54) is 16.3 Å². The van der Waals surface area contributed by atoms with Crippen LogP contribution in [0, 0.1) is 0 Å². The van der Waals surface area contributed by atoms with Crippen molar-refractivity contribution in [2.75, 3.05) is 33.1 Å². The third-order valence-corrected chi connectivity index (χ3v) is 7.46. The topological polar surface area (TPSA) is 112 Å². The molecule has 41 heavy (non-hydrogen) atoms. The number of nitrogens with zero attached hydrogens (tertiary/aromatic N) is 2. The van der Waals surface area contributed by atoms with E-state index in [9.17, 15) is 14.4 Å². The molecule has 9 nitrogen and oxygen atoms in total. The van der Waals surface area contributed by atoms with Crippen LogP contribution >= 0.6 is 11.8 Å². The van der Waals surface area contributed by atoms with Crippen LogP contribution in [-0.2, 0) is 29.0 Å². The van der Waals surface area contributed by atoms with Crippen molar-refractivity contribution in [3.8, 4) is 11.5 Å². The quantitative estimate of drug-likeness (QED) is 0.175. The van der Waals surface area contributed by atoms with Gasteiger partial charge in [0.15, 0.2) is 16.7 Å². The van der Waals surface area contributed by atoms with E-state index in [0.717, 1.165) is 17.5 Å². The fourth-order valence-corrected chi connectivity index (χ4v) is 5.17. The number of methoxy groups -OCH3 is 2. The van der Waals surface area contributed by atoms with Crippen molar-refractivity contribution < 1.29 is 19.1 Å². The number of hydrogen-bond donors (Lipinski definition) is 2. The molecule has 0 atom stereocenters. The average molecular weight is 575 g/mol. The van der Waals surface area contributed by atoms with E-state index >= 15 is 0 Å². The van der Waals surface area contributed by atoms with Crippen molar-refractivity contribution in [2.45, 2.75) is 31.0 Å². The summed E-state index contributed by atoms with van der Waals surface area (Å²) in [5.74, 6) is 1.04. The maximum Gasteiger partial charge on any atom is 0.262 e. The smallest absolute Gasteiger partial charge is 0.262 e. The molecule has 3 aromatic carbocycles. The Morgan fingerprint density at radius 1 is 0.829 bits per heavy atom. The Hall–Kier alpha value is -4.31. The average Bonchev–Trinajstić information content (AvgIpc) is 3.00. The second kappa shape index (κ2) is 14.9.